The molecule has 0 spiro atoms. The minimum Gasteiger partial charge on any atom is -0.456 e. The first-order chi connectivity index (χ1) is 14.0. The number of likely N-dealkylation sites (N-methyl/N-ethyl adjacent to an activating group) is 1. The van der Waals surface area contributed by atoms with Crippen LogP contribution in [-0.4, -0.2) is 84.4 Å². The van der Waals surface area contributed by atoms with Crippen LogP contribution in [0.5, 0.6) is 0 Å². The maximum Gasteiger partial charge on any atom is 0.467 e. The number of nitrogens with zero attached hydrogens (tertiary/aromatic N) is 2. The van der Waals surface area contributed by atoms with E-state index in [1.165, 1.54) is 0 Å². The average Bonchev–Trinajstić information content (AvgIpc) is 2.50. The van der Waals surface area contributed by atoms with Gasteiger partial charge in [-0.1, -0.05) is 6.58 Å². The van der Waals surface area contributed by atoms with Gasteiger partial charge in [0.2, 0.25) is 0 Å². The number of halogens is 10. The van der Waals surface area contributed by atoms with E-state index in [-0.39, 0.29) is 5.97 Å². The summed E-state index contributed by atoms with van der Waals surface area (Å²) >= 11 is 0. The summed E-state index contributed by atoms with van der Waals surface area (Å²) in [5, 5.41) is -14.0. The van der Waals surface area contributed by atoms with Crippen molar-refractivity contribution in [2.45, 2.75) is 29.8 Å². The lowest BCUT2D eigenvalue weighted by atomic mass is 10.4. The van der Waals surface area contributed by atoms with Crippen molar-refractivity contribution >= 4 is 26.0 Å². The minimum absolute atomic E-state index is 0.302. The van der Waals surface area contributed by atoms with Crippen molar-refractivity contribution in [3.05, 3.63) is 16.3 Å². The van der Waals surface area contributed by atoms with Gasteiger partial charge in [0.1, 0.15) is 13.2 Å². The number of quaternary nitrogens is 1. The number of hydrogen-bond acceptors (Lipinski definition) is 6. The van der Waals surface area contributed by atoms with Crippen molar-refractivity contribution in [1.29, 1.82) is 0 Å². The van der Waals surface area contributed by atoms with E-state index in [4.69, 9.17) is 4.74 Å². The fourth-order valence-corrected chi connectivity index (χ4v) is 3.42. The summed E-state index contributed by atoms with van der Waals surface area (Å²) in [6.07, 6.45) is -14.0. The number of ether oxygens (including phenoxy) is 1. The average molecular weight is 552 g/mol. The number of sulfonamides is 2. The van der Waals surface area contributed by atoms with Crippen LogP contribution < -0.4 is 0 Å². The van der Waals surface area contributed by atoms with Gasteiger partial charge in [0, 0.05) is 5.57 Å². The van der Waals surface area contributed by atoms with Crippen LogP contribution in [0.2, 0.25) is 0 Å². The van der Waals surface area contributed by atoms with Crippen molar-refractivity contribution < 1.29 is 74.8 Å². The highest BCUT2D eigenvalue weighted by Crippen LogP contribution is 2.47. The molecule has 0 saturated carbocycles. The van der Waals surface area contributed by atoms with Gasteiger partial charge in [-0.15, -0.1) is 0 Å². The highest BCUT2D eigenvalue weighted by atomic mass is 32.3. The van der Waals surface area contributed by atoms with Crippen LogP contribution in [0.3, 0.4) is 0 Å². The van der Waals surface area contributed by atoms with Crippen molar-refractivity contribution in [2.75, 3.05) is 34.3 Å². The molecular formula is C13H18F10N2O6S2. The summed E-state index contributed by atoms with van der Waals surface area (Å²) in [6, 6.07) is 0. The Labute approximate surface area is 181 Å². The summed E-state index contributed by atoms with van der Waals surface area (Å²) in [5.74, 6) is -0.302. The first-order valence-corrected chi connectivity index (χ1v) is 10.7. The highest BCUT2D eigenvalue weighted by Gasteiger charge is 2.68. The predicted octanol–water partition coefficient (Wildman–Crippen LogP) is 3.14. The lowest BCUT2D eigenvalue weighted by molar-refractivity contribution is -0.870. The Kier molecular flexibility index (Phi) is 10.5. The standard InChI is InChI=1S/C9H18NO2.C4F10NO4S2/c1-8(2)9(11)12-7-6-10(3,4)5;5-1(6,7)3(11,12)20(16,17)15-21(18,19)4(13,14)2(8,9)10/h1,6-7H2,2-5H3;/q+1;-1. The Bertz CT molecular complexity index is 865. The molecule has 0 aromatic heterocycles. The highest BCUT2D eigenvalue weighted by molar-refractivity contribution is 8.13. The summed E-state index contributed by atoms with van der Waals surface area (Å²) in [7, 11) is -9.09. The number of rotatable bonds is 8. The van der Waals surface area contributed by atoms with E-state index < -0.39 is 42.9 Å². The molecule has 0 aliphatic carbocycles. The first-order valence-electron chi connectivity index (χ1n) is 7.79. The second-order valence-electron chi connectivity index (χ2n) is 6.98. The van der Waals surface area contributed by atoms with Crippen molar-refractivity contribution in [3.8, 4) is 0 Å². The summed E-state index contributed by atoms with van der Waals surface area (Å²) in [6.45, 7) is 6.41. The Hall–Kier alpha value is -1.67. The van der Waals surface area contributed by atoms with Crippen LogP contribution in [0, 0.1) is 0 Å². The van der Waals surface area contributed by atoms with Gasteiger partial charge in [0.15, 0.2) is 20.0 Å². The number of alkyl halides is 10. The molecule has 0 heterocycles. The van der Waals surface area contributed by atoms with Gasteiger partial charge < -0.3 is 13.3 Å². The quantitative estimate of drug-likeness (QED) is 0.198. The third-order valence-electron chi connectivity index (χ3n) is 2.85. The van der Waals surface area contributed by atoms with E-state index in [9.17, 15) is 65.5 Å². The molecule has 0 aromatic carbocycles. The molecular weight excluding hydrogens is 534 g/mol. The Morgan fingerprint density at radius 1 is 0.818 bits per heavy atom. The predicted molar refractivity (Wildman–Crippen MR) is 91.9 cm³/mol. The van der Waals surface area contributed by atoms with Crippen LogP contribution in [0.15, 0.2) is 12.2 Å². The first kappa shape index (κ1) is 33.5. The number of carbonyl (C=O) groups excluding carboxylic acids is 1. The number of hydrogen-bond donors (Lipinski definition) is 0. The Morgan fingerprint density at radius 3 is 1.33 bits per heavy atom. The van der Waals surface area contributed by atoms with Crippen LogP contribution in [-0.2, 0) is 29.6 Å². The second kappa shape index (κ2) is 10.3. The zero-order valence-electron chi connectivity index (χ0n) is 17.1. The van der Waals surface area contributed by atoms with E-state index >= 15 is 0 Å². The van der Waals surface area contributed by atoms with Gasteiger partial charge >= 0.3 is 28.8 Å². The zero-order valence-corrected chi connectivity index (χ0v) is 18.7. The maximum absolute atomic E-state index is 12.3. The van der Waals surface area contributed by atoms with E-state index in [1.54, 1.807) is 6.92 Å². The molecule has 33 heavy (non-hydrogen) atoms. The van der Waals surface area contributed by atoms with Crippen LogP contribution in [0.4, 0.5) is 43.9 Å². The van der Waals surface area contributed by atoms with Crippen LogP contribution in [0.25, 0.3) is 4.13 Å². The fraction of sp³-hybridized carbons (Fsp3) is 0.769. The normalized spacial score (nSPS) is 14.2. The Morgan fingerprint density at radius 2 is 1.12 bits per heavy atom. The van der Waals surface area contributed by atoms with E-state index in [2.05, 4.69) is 27.7 Å². The molecule has 0 aliphatic heterocycles. The monoisotopic (exact) mass is 552 g/mol. The van der Waals surface area contributed by atoms with Gasteiger partial charge in [0.25, 0.3) is 0 Å². The third kappa shape index (κ3) is 9.24. The molecule has 0 saturated heterocycles. The third-order valence-corrected chi connectivity index (χ3v) is 6.18. The number of carbonyl (C=O) groups is 1. The van der Waals surface area contributed by atoms with Gasteiger partial charge in [-0.25, -0.2) is 21.6 Å². The smallest absolute Gasteiger partial charge is 0.456 e. The summed E-state index contributed by atoms with van der Waals surface area (Å²) in [4.78, 5) is 10.9. The van der Waals surface area contributed by atoms with Crippen LogP contribution >= 0.6 is 0 Å². The molecule has 0 bridgehead atoms. The minimum atomic E-state index is -7.62. The second-order valence-corrected chi connectivity index (χ2v) is 10.5. The van der Waals surface area contributed by atoms with Crippen molar-refractivity contribution in [3.63, 3.8) is 0 Å². The Balaban J connectivity index is 0. The van der Waals surface area contributed by atoms with Gasteiger partial charge in [0.05, 0.1) is 21.1 Å². The molecule has 20 heteroatoms. The molecule has 198 valence electrons. The summed E-state index contributed by atoms with van der Waals surface area (Å²) in [5.41, 5.74) is 0.455. The van der Waals surface area contributed by atoms with Gasteiger partial charge in [-0.3, -0.25) is 0 Å². The molecule has 0 aliphatic rings. The topological polar surface area (TPSA) is 109 Å². The lowest BCUT2D eigenvalue weighted by Gasteiger charge is -2.31. The molecule has 0 rings (SSSR count). The van der Waals surface area contributed by atoms with E-state index in [0.29, 0.717) is 16.3 Å². The molecule has 0 aromatic rings. The van der Waals surface area contributed by atoms with Gasteiger partial charge in [-0.2, -0.15) is 43.9 Å². The molecule has 8 nitrogen and oxygen atoms in total. The number of esters is 1. The molecule has 0 radical (unpaired) electrons. The molecule has 0 fully saturated rings. The lowest BCUT2D eigenvalue weighted by Crippen LogP contribution is -2.48. The van der Waals surface area contributed by atoms with E-state index in [0.717, 1.165) is 11.0 Å². The summed E-state index contributed by atoms with van der Waals surface area (Å²) < 4.78 is 167. The molecule has 0 amide bonds. The largest absolute Gasteiger partial charge is 0.467 e. The molecule has 0 atom stereocenters. The zero-order chi connectivity index (χ0) is 27.5. The maximum atomic E-state index is 12.3. The van der Waals surface area contributed by atoms with E-state index in [1.807, 2.05) is 0 Å². The fourth-order valence-electron chi connectivity index (χ4n) is 1.05. The SMILES string of the molecule is C=C(C)C(=O)OCC[N+](C)(C)C.O=S(=O)([N-]S(=O)(=O)C(F)(F)C(F)(F)F)C(F)(F)C(F)(F)F. The van der Waals surface area contributed by atoms with Crippen LogP contribution in [0.1, 0.15) is 6.92 Å². The van der Waals surface area contributed by atoms with Gasteiger partial charge in [-0.05, 0) is 6.92 Å². The van der Waals surface area contributed by atoms with Crippen molar-refractivity contribution in [2.24, 2.45) is 0 Å². The molecule has 0 unspecified atom stereocenters. The van der Waals surface area contributed by atoms with Crippen molar-refractivity contribution in [1.82, 2.24) is 0 Å². The molecule has 0 N–H and O–H groups in total.